The Balaban J connectivity index is 1.51. The van der Waals surface area contributed by atoms with Crippen LogP contribution in [0.15, 0.2) is 90.3 Å². The van der Waals surface area contributed by atoms with E-state index >= 15 is 0 Å². The molecule has 0 spiro atoms. The number of carboxylic acids is 1. The Bertz CT molecular complexity index is 1940. The third kappa shape index (κ3) is 11.6. The topological polar surface area (TPSA) is 183 Å². The minimum atomic E-state index is -1.37. The van der Waals surface area contributed by atoms with Crippen LogP contribution >= 0.6 is 34.5 Å². The highest BCUT2D eigenvalue weighted by atomic mass is 35.5. The number of hydrogen-bond acceptors (Lipinski definition) is 7. The largest absolute Gasteiger partial charge is 0.480 e. The maximum atomic E-state index is 14.2. The Labute approximate surface area is 319 Å². The fourth-order valence-electron chi connectivity index (χ4n) is 5.71. The summed E-state index contributed by atoms with van der Waals surface area (Å²) < 4.78 is 0. The summed E-state index contributed by atoms with van der Waals surface area (Å²) in [6, 6.07) is 18.5. The Morgan fingerprint density at radius 1 is 0.698 bits per heavy atom. The van der Waals surface area contributed by atoms with Crippen molar-refractivity contribution in [2.45, 2.75) is 62.7 Å². The van der Waals surface area contributed by atoms with Crippen molar-refractivity contribution in [3.05, 3.63) is 122 Å². The van der Waals surface area contributed by atoms with E-state index in [4.69, 9.17) is 23.2 Å². The molecule has 3 heterocycles. The zero-order valence-corrected chi connectivity index (χ0v) is 30.6. The van der Waals surface area contributed by atoms with Crippen molar-refractivity contribution in [2.75, 3.05) is 5.32 Å². The smallest absolute Gasteiger partial charge is 0.326 e. The van der Waals surface area contributed by atoms with E-state index in [0.29, 0.717) is 27.4 Å². The summed E-state index contributed by atoms with van der Waals surface area (Å²) in [4.78, 5) is 81.1. The van der Waals surface area contributed by atoms with Gasteiger partial charge in [-0.05, 0) is 52.4 Å². The van der Waals surface area contributed by atoms with Gasteiger partial charge in [-0.15, -0.1) is 11.3 Å². The summed E-state index contributed by atoms with van der Waals surface area (Å²) in [5.74, 6) is -4.51. The second-order valence-corrected chi connectivity index (χ2v) is 14.4. The first-order chi connectivity index (χ1) is 25.4. The van der Waals surface area contributed by atoms with E-state index in [2.05, 4.69) is 26.6 Å². The summed E-state index contributed by atoms with van der Waals surface area (Å²) >= 11 is 14.0. The van der Waals surface area contributed by atoms with E-state index in [-0.39, 0.29) is 43.5 Å². The number of carboxylic acid groups (broad SMARTS) is 1. The number of halogens is 2. The van der Waals surface area contributed by atoms with Crippen molar-refractivity contribution in [1.29, 1.82) is 0 Å². The molecular formula is C38H37Cl2N5O7S. The first-order valence-corrected chi connectivity index (χ1v) is 18.4. The number of benzene rings is 3. The third-order valence-corrected chi connectivity index (χ3v) is 9.98. The van der Waals surface area contributed by atoms with Gasteiger partial charge in [0.1, 0.15) is 24.2 Å². The number of carbonyl (C=O) groups excluding carboxylic acids is 5. The van der Waals surface area contributed by atoms with Gasteiger partial charge >= 0.3 is 5.97 Å². The van der Waals surface area contributed by atoms with Gasteiger partial charge in [-0.2, -0.15) is 0 Å². The van der Waals surface area contributed by atoms with E-state index in [1.165, 1.54) is 17.4 Å². The molecule has 3 aromatic carbocycles. The van der Waals surface area contributed by atoms with Gasteiger partial charge in [0.05, 0.1) is 0 Å². The highest BCUT2D eigenvalue weighted by Gasteiger charge is 2.32. The molecule has 1 aromatic heterocycles. The molecule has 5 amide bonds. The number of carbonyl (C=O) groups is 6. The molecule has 53 heavy (non-hydrogen) atoms. The highest BCUT2D eigenvalue weighted by molar-refractivity contribution is 7.09. The van der Waals surface area contributed by atoms with Crippen LogP contribution < -0.4 is 26.6 Å². The molecule has 0 saturated heterocycles. The Hall–Kier alpha value is -5.24. The van der Waals surface area contributed by atoms with Gasteiger partial charge in [0, 0.05) is 59.1 Å². The predicted molar refractivity (Wildman–Crippen MR) is 202 cm³/mol. The monoisotopic (exact) mass is 777 g/mol. The van der Waals surface area contributed by atoms with E-state index in [0.717, 1.165) is 4.88 Å². The quantitative estimate of drug-likeness (QED) is 0.153. The molecule has 4 atom stereocenters. The van der Waals surface area contributed by atoms with Crippen molar-refractivity contribution >= 4 is 75.7 Å². The van der Waals surface area contributed by atoms with Gasteiger partial charge in [0.25, 0.3) is 0 Å². The first-order valence-electron chi connectivity index (χ1n) is 16.8. The van der Waals surface area contributed by atoms with Gasteiger partial charge in [-0.1, -0.05) is 77.8 Å². The molecule has 12 nitrogen and oxygen atoms in total. The summed E-state index contributed by atoms with van der Waals surface area (Å²) in [7, 11) is 0. The fourth-order valence-corrected chi connectivity index (χ4v) is 6.95. The third-order valence-electron chi connectivity index (χ3n) is 8.50. The van der Waals surface area contributed by atoms with E-state index < -0.39 is 59.7 Å². The van der Waals surface area contributed by atoms with Crippen molar-refractivity contribution < 1.29 is 33.9 Å². The summed E-state index contributed by atoms with van der Waals surface area (Å²) in [6.45, 7) is 0. The van der Waals surface area contributed by atoms with Crippen LogP contribution in [0.2, 0.25) is 10.0 Å². The van der Waals surface area contributed by atoms with Crippen LogP contribution in [-0.4, -0.2) is 64.8 Å². The van der Waals surface area contributed by atoms with Crippen LogP contribution in [0.3, 0.4) is 0 Å². The number of rotatable bonds is 7. The normalized spacial score (nSPS) is 20.6. The molecule has 2 aliphatic heterocycles. The zero-order valence-electron chi connectivity index (χ0n) is 28.3. The van der Waals surface area contributed by atoms with Crippen molar-refractivity contribution in [3.8, 4) is 0 Å². The van der Waals surface area contributed by atoms with Gasteiger partial charge < -0.3 is 31.7 Å². The van der Waals surface area contributed by atoms with Gasteiger partial charge in [-0.25, -0.2) is 4.79 Å². The van der Waals surface area contributed by atoms with Crippen LogP contribution in [-0.2, 0) is 54.5 Å². The number of aliphatic carboxylic acids is 1. The molecular weight excluding hydrogens is 741 g/mol. The van der Waals surface area contributed by atoms with E-state index in [1.807, 2.05) is 5.38 Å². The van der Waals surface area contributed by atoms with Crippen molar-refractivity contribution in [3.63, 3.8) is 0 Å². The minimum Gasteiger partial charge on any atom is -0.480 e. The molecule has 0 fully saturated rings. The van der Waals surface area contributed by atoms with Gasteiger partial charge in [-0.3, -0.25) is 24.0 Å². The molecule has 276 valence electrons. The summed E-state index contributed by atoms with van der Waals surface area (Å²) in [5.41, 5.74) is 2.13. The Morgan fingerprint density at radius 3 is 1.98 bits per heavy atom. The molecule has 0 saturated carbocycles. The van der Waals surface area contributed by atoms with Crippen LogP contribution in [0, 0.1) is 0 Å². The summed E-state index contributed by atoms with van der Waals surface area (Å²) in [6.07, 6.45) is -0.534. The molecule has 6 rings (SSSR count). The van der Waals surface area contributed by atoms with E-state index in [1.54, 1.807) is 78.9 Å². The Morgan fingerprint density at radius 2 is 1.34 bits per heavy atom. The average molecular weight is 779 g/mol. The first kappa shape index (κ1) is 39.0. The standard InChI is InChI=1S/C38H37Cl2N5O7S/c39-25-11-10-24(28(40)20-25)19-30-36(49)43-29(17-22-5-2-1-3-6-22)35(48)45-32(38(51)52)18-23-8-12-26(13-9-23)41-33(46)14-15-34(47)42-31(37(50)44-30)21-27-7-4-16-53-27/h1-13,16,20,29-32H,14-15,17-19,21H2,(H,41,46)(H,42,47)(H,43,49)(H,44,50)(H,45,48)(H,51,52). The molecule has 2 bridgehead atoms. The molecule has 4 unspecified atom stereocenters. The maximum absolute atomic E-state index is 14.2. The molecule has 0 radical (unpaired) electrons. The van der Waals surface area contributed by atoms with Crippen LogP contribution in [0.25, 0.3) is 0 Å². The lowest BCUT2D eigenvalue weighted by molar-refractivity contribution is -0.142. The number of amides is 5. The molecule has 4 aromatic rings. The SMILES string of the molecule is O=C1CCC(=O)NC(Cc2cccs2)C(=O)NC(Cc2ccc(Cl)cc2Cl)C(=O)NC(Cc2ccccc2)C(=O)NC(C(=O)O)Cc2ccc(cc2)N1. The van der Waals surface area contributed by atoms with Crippen LogP contribution in [0.4, 0.5) is 5.69 Å². The molecule has 6 N–H and O–H groups in total. The summed E-state index contributed by atoms with van der Waals surface area (Å²) in [5, 5.41) is 26.0. The minimum absolute atomic E-state index is 0.00141. The second kappa shape index (κ2) is 18.5. The average Bonchev–Trinajstić information content (AvgIpc) is 3.64. The number of fused-ring (bicyclic) bond motifs is 18. The van der Waals surface area contributed by atoms with Crippen molar-refractivity contribution in [2.24, 2.45) is 0 Å². The number of hydrogen-bond donors (Lipinski definition) is 6. The molecule has 2 aliphatic rings. The van der Waals surface area contributed by atoms with Crippen LogP contribution in [0.5, 0.6) is 0 Å². The van der Waals surface area contributed by atoms with Crippen LogP contribution in [0.1, 0.15) is 34.4 Å². The fraction of sp³-hybridized carbons (Fsp3) is 0.263. The second-order valence-electron chi connectivity index (χ2n) is 12.5. The highest BCUT2D eigenvalue weighted by Crippen LogP contribution is 2.23. The van der Waals surface area contributed by atoms with E-state index in [9.17, 15) is 33.9 Å². The van der Waals surface area contributed by atoms with Gasteiger partial charge in [0.15, 0.2) is 0 Å². The zero-order chi connectivity index (χ0) is 37.9. The number of thiophene rings is 1. The van der Waals surface area contributed by atoms with Crippen molar-refractivity contribution in [1.82, 2.24) is 21.3 Å². The lowest BCUT2D eigenvalue weighted by Crippen LogP contribution is -2.59. The number of nitrogens with one attached hydrogen (secondary N) is 5. The molecule has 15 heteroatoms. The lowest BCUT2D eigenvalue weighted by atomic mass is 10.0. The lowest BCUT2D eigenvalue weighted by Gasteiger charge is -2.26. The predicted octanol–water partition coefficient (Wildman–Crippen LogP) is 4.08. The number of anilines is 1. The van der Waals surface area contributed by atoms with Gasteiger partial charge in [0.2, 0.25) is 29.5 Å². The molecule has 0 aliphatic carbocycles. The maximum Gasteiger partial charge on any atom is 0.326 e. The Kier molecular flexibility index (Phi) is 13.6.